The lowest BCUT2D eigenvalue weighted by Crippen LogP contribution is -2.48. The summed E-state index contributed by atoms with van der Waals surface area (Å²) in [6.45, 7) is 0.852. The fourth-order valence-corrected chi connectivity index (χ4v) is 1.54. The van der Waals surface area contributed by atoms with Gasteiger partial charge in [0.25, 0.3) is 0 Å². The average Bonchev–Trinajstić information content (AvgIpc) is 2.38. The minimum Gasteiger partial charge on any atom is -0.479 e. The zero-order chi connectivity index (χ0) is 14.5. The highest BCUT2D eigenvalue weighted by Gasteiger charge is 2.31. The van der Waals surface area contributed by atoms with E-state index in [2.05, 4.69) is 5.32 Å². The highest BCUT2D eigenvalue weighted by atomic mass is 16.4. The first-order valence-electron chi connectivity index (χ1n) is 5.87. The van der Waals surface area contributed by atoms with Crippen LogP contribution in [0.3, 0.4) is 0 Å². The molecule has 0 aliphatic heterocycles. The third-order valence-corrected chi connectivity index (χ3v) is 2.82. The summed E-state index contributed by atoms with van der Waals surface area (Å²) in [5, 5.41) is 20.7. The molecule has 6 nitrogen and oxygen atoms in total. The smallest absolute Gasteiger partial charge is 0.337 e. The molecule has 6 heteroatoms. The first-order chi connectivity index (χ1) is 8.88. The fraction of sp³-hybridized carbons (Fsp3) is 0.385. The maximum atomic E-state index is 11.9. The van der Waals surface area contributed by atoms with Crippen LogP contribution in [-0.2, 0) is 9.59 Å². The fourth-order valence-electron chi connectivity index (χ4n) is 1.54. The molecule has 1 amide bonds. The predicted molar refractivity (Wildman–Crippen MR) is 69.5 cm³/mol. The largest absolute Gasteiger partial charge is 0.479 e. The van der Waals surface area contributed by atoms with Crippen molar-refractivity contribution in [3.63, 3.8) is 0 Å². The Balaban J connectivity index is 2.69. The van der Waals surface area contributed by atoms with Crippen LogP contribution in [0.25, 0.3) is 0 Å². The molecule has 0 radical (unpaired) electrons. The second kappa shape index (κ2) is 6.31. The minimum absolute atomic E-state index is 0.102. The van der Waals surface area contributed by atoms with Crippen LogP contribution in [-0.4, -0.2) is 40.8 Å². The zero-order valence-electron chi connectivity index (χ0n) is 10.7. The minimum atomic E-state index is -1.99. The molecule has 0 aliphatic rings. The molecule has 0 aliphatic carbocycles. The van der Waals surface area contributed by atoms with Crippen molar-refractivity contribution in [2.24, 2.45) is 5.73 Å². The molecule has 0 heterocycles. The molecule has 0 spiro atoms. The first-order valence-corrected chi connectivity index (χ1v) is 5.87. The number of aliphatic hydroxyl groups is 1. The number of carbonyl (C=O) groups is 2. The Kier molecular flexibility index (Phi) is 5.02. The number of carbonyl (C=O) groups excluding carboxylic acids is 1. The highest BCUT2D eigenvalue weighted by molar-refractivity contribution is 5.85. The number of nitrogens with one attached hydrogen (secondary N) is 1. The molecule has 1 rings (SSSR count). The lowest BCUT2D eigenvalue weighted by molar-refractivity contribution is -0.156. The molecule has 5 N–H and O–H groups in total. The number of rotatable bonds is 6. The van der Waals surface area contributed by atoms with Crippen LogP contribution in [0.2, 0.25) is 0 Å². The van der Waals surface area contributed by atoms with Crippen molar-refractivity contribution in [3.05, 3.63) is 35.9 Å². The summed E-state index contributed by atoms with van der Waals surface area (Å²) in [5.74, 6) is -2.36. The number of benzene rings is 1. The number of nitrogens with two attached hydrogens (primary N) is 1. The summed E-state index contributed by atoms with van der Waals surface area (Å²) in [5.41, 5.74) is 4.32. The summed E-state index contributed by atoms with van der Waals surface area (Å²) >= 11 is 0. The van der Waals surface area contributed by atoms with E-state index in [-0.39, 0.29) is 13.1 Å². The van der Waals surface area contributed by atoms with Crippen LogP contribution < -0.4 is 11.1 Å². The molecule has 19 heavy (non-hydrogen) atoms. The van der Waals surface area contributed by atoms with Gasteiger partial charge < -0.3 is 21.3 Å². The van der Waals surface area contributed by atoms with Crippen molar-refractivity contribution in [2.75, 3.05) is 13.1 Å². The zero-order valence-corrected chi connectivity index (χ0v) is 10.7. The molecule has 0 saturated heterocycles. The molecule has 104 valence electrons. The highest BCUT2D eigenvalue weighted by Crippen LogP contribution is 2.14. The van der Waals surface area contributed by atoms with Crippen molar-refractivity contribution >= 4 is 11.9 Å². The summed E-state index contributed by atoms with van der Waals surface area (Å²) in [4.78, 5) is 22.7. The van der Waals surface area contributed by atoms with Crippen LogP contribution in [0, 0.1) is 0 Å². The van der Waals surface area contributed by atoms with E-state index in [1.807, 2.05) is 6.07 Å². The lowest BCUT2D eigenvalue weighted by Gasteiger charge is -2.21. The standard InChI is InChI=1S/C13H18N2O4/c1-13(19,12(17)18)8-15-11(16)10(7-14)9-5-3-2-4-6-9/h2-6,10,19H,7-8,14H2,1H3,(H,15,16)(H,17,18). The van der Waals surface area contributed by atoms with E-state index in [1.54, 1.807) is 24.3 Å². The van der Waals surface area contributed by atoms with Crippen LogP contribution in [0.5, 0.6) is 0 Å². The number of hydrogen-bond acceptors (Lipinski definition) is 4. The van der Waals surface area contributed by atoms with Gasteiger partial charge in [0.05, 0.1) is 12.5 Å². The average molecular weight is 266 g/mol. The molecule has 0 bridgehead atoms. The number of amides is 1. The van der Waals surface area contributed by atoms with Gasteiger partial charge in [-0.05, 0) is 12.5 Å². The summed E-state index contributed by atoms with van der Waals surface area (Å²) < 4.78 is 0. The van der Waals surface area contributed by atoms with Crippen molar-refractivity contribution in [3.8, 4) is 0 Å². The van der Waals surface area contributed by atoms with Gasteiger partial charge in [0, 0.05) is 6.54 Å². The normalized spacial score (nSPS) is 15.3. The molecule has 1 aromatic rings. The Morgan fingerprint density at radius 1 is 1.37 bits per heavy atom. The quantitative estimate of drug-likeness (QED) is 0.563. The number of carboxylic acid groups (broad SMARTS) is 1. The Bertz CT molecular complexity index is 445. The van der Waals surface area contributed by atoms with Gasteiger partial charge in [-0.25, -0.2) is 4.79 Å². The second-order valence-corrected chi connectivity index (χ2v) is 4.50. The maximum absolute atomic E-state index is 11.9. The van der Waals surface area contributed by atoms with Crippen LogP contribution in [0.4, 0.5) is 0 Å². The number of hydrogen-bond donors (Lipinski definition) is 4. The van der Waals surface area contributed by atoms with E-state index in [1.165, 1.54) is 0 Å². The SMILES string of the molecule is CC(O)(CNC(=O)C(CN)c1ccccc1)C(=O)O. The van der Waals surface area contributed by atoms with Gasteiger partial charge in [-0.15, -0.1) is 0 Å². The third kappa shape index (κ3) is 4.04. The molecule has 2 unspecified atom stereocenters. The van der Waals surface area contributed by atoms with Crippen molar-refractivity contribution in [1.82, 2.24) is 5.32 Å². The molecular formula is C13H18N2O4. The van der Waals surface area contributed by atoms with E-state index in [9.17, 15) is 14.7 Å². The van der Waals surface area contributed by atoms with Gasteiger partial charge in [-0.1, -0.05) is 30.3 Å². The second-order valence-electron chi connectivity index (χ2n) is 4.50. The van der Waals surface area contributed by atoms with Gasteiger partial charge in [-0.2, -0.15) is 0 Å². The maximum Gasteiger partial charge on any atom is 0.337 e. The summed E-state index contributed by atoms with van der Waals surface area (Å²) in [6, 6.07) is 8.94. The van der Waals surface area contributed by atoms with Gasteiger partial charge >= 0.3 is 5.97 Å². The van der Waals surface area contributed by atoms with Crippen molar-refractivity contribution in [1.29, 1.82) is 0 Å². The topological polar surface area (TPSA) is 113 Å². The molecular weight excluding hydrogens is 248 g/mol. The summed E-state index contributed by atoms with van der Waals surface area (Å²) in [7, 11) is 0. The van der Waals surface area contributed by atoms with E-state index in [4.69, 9.17) is 10.8 Å². The van der Waals surface area contributed by atoms with E-state index in [0.717, 1.165) is 12.5 Å². The number of carboxylic acids is 1. The van der Waals surface area contributed by atoms with Crippen molar-refractivity contribution < 1.29 is 19.8 Å². The van der Waals surface area contributed by atoms with Gasteiger partial charge in [0.15, 0.2) is 5.60 Å². The van der Waals surface area contributed by atoms with Crippen molar-refractivity contribution in [2.45, 2.75) is 18.4 Å². The predicted octanol–water partition coefficient (Wildman–Crippen LogP) is -0.319. The van der Waals surface area contributed by atoms with Crippen LogP contribution in [0.1, 0.15) is 18.4 Å². The molecule has 0 saturated carbocycles. The molecule has 0 aromatic heterocycles. The van der Waals surface area contributed by atoms with Gasteiger partial charge in [-0.3, -0.25) is 4.79 Å². The Morgan fingerprint density at radius 2 is 1.95 bits per heavy atom. The number of aliphatic carboxylic acids is 1. The summed E-state index contributed by atoms with van der Waals surface area (Å²) in [6.07, 6.45) is 0. The molecule has 0 fully saturated rings. The van der Waals surface area contributed by atoms with E-state index < -0.39 is 23.4 Å². The lowest BCUT2D eigenvalue weighted by atomic mass is 9.98. The third-order valence-electron chi connectivity index (χ3n) is 2.82. The van der Waals surface area contributed by atoms with Crippen LogP contribution in [0.15, 0.2) is 30.3 Å². The Morgan fingerprint density at radius 3 is 2.42 bits per heavy atom. The monoisotopic (exact) mass is 266 g/mol. The Hall–Kier alpha value is -1.92. The first kappa shape index (κ1) is 15.1. The van der Waals surface area contributed by atoms with E-state index in [0.29, 0.717) is 0 Å². The van der Waals surface area contributed by atoms with Crippen LogP contribution >= 0.6 is 0 Å². The van der Waals surface area contributed by atoms with Gasteiger partial charge in [0.1, 0.15) is 0 Å². The Labute approximate surface area is 111 Å². The molecule has 1 aromatic carbocycles. The van der Waals surface area contributed by atoms with Gasteiger partial charge in [0.2, 0.25) is 5.91 Å². The van der Waals surface area contributed by atoms with E-state index >= 15 is 0 Å². The molecule has 2 atom stereocenters.